The van der Waals surface area contributed by atoms with Gasteiger partial charge in [0.15, 0.2) is 11.6 Å². The molecule has 0 aliphatic carbocycles. The van der Waals surface area contributed by atoms with Crippen molar-refractivity contribution in [3.8, 4) is 23.1 Å². The van der Waals surface area contributed by atoms with E-state index in [-0.39, 0.29) is 23.7 Å². The van der Waals surface area contributed by atoms with Crippen molar-refractivity contribution in [2.45, 2.75) is 13.0 Å². The Hall–Kier alpha value is -4.39. The van der Waals surface area contributed by atoms with Crippen LogP contribution in [0, 0.1) is 29.9 Å². The van der Waals surface area contributed by atoms with Gasteiger partial charge < -0.3 is 15.0 Å². The van der Waals surface area contributed by atoms with Crippen molar-refractivity contribution in [2.75, 3.05) is 18.6 Å². The normalized spacial score (nSPS) is 15.2. The SMILES string of the molecule is Cc1cnc(C(=O)N[C@H]2COc3cc(C#N)ccc3N(C)C2=O)nc1-c1ccc(F)c(F)c1. The van der Waals surface area contributed by atoms with Crippen molar-refractivity contribution in [1.82, 2.24) is 15.3 Å². The second-order valence-corrected chi connectivity index (χ2v) is 7.38. The van der Waals surface area contributed by atoms with Crippen molar-refractivity contribution >= 4 is 17.5 Å². The van der Waals surface area contributed by atoms with Crippen LogP contribution in [0.5, 0.6) is 5.75 Å². The van der Waals surface area contributed by atoms with Crippen molar-refractivity contribution in [3.05, 3.63) is 71.2 Å². The van der Waals surface area contributed by atoms with E-state index in [1.165, 1.54) is 30.3 Å². The maximum Gasteiger partial charge on any atom is 0.289 e. The number of hydrogen-bond donors (Lipinski definition) is 1. The summed E-state index contributed by atoms with van der Waals surface area (Å²) in [5.41, 5.74) is 1.92. The number of fused-ring (bicyclic) bond motifs is 1. The molecule has 0 saturated carbocycles. The molecule has 166 valence electrons. The first-order chi connectivity index (χ1) is 15.8. The van der Waals surface area contributed by atoms with Gasteiger partial charge in [0.2, 0.25) is 5.82 Å². The van der Waals surface area contributed by atoms with Gasteiger partial charge in [-0.1, -0.05) is 0 Å². The van der Waals surface area contributed by atoms with Crippen LogP contribution in [0.25, 0.3) is 11.3 Å². The van der Waals surface area contributed by atoms with Gasteiger partial charge >= 0.3 is 0 Å². The van der Waals surface area contributed by atoms with E-state index in [4.69, 9.17) is 10.00 Å². The van der Waals surface area contributed by atoms with E-state index in [1.807, 2.05) is 6.07 Å². The molecule has 1 N–H and O–H groups in total. The standard InChI is InChI=1S/C23H17F2N5O3/c1-12-10-27-21(29-20(12)14-4-5-15(24)16(25)8-14)22(31)28-17-11-33-19-7-13(9-26)3-6-18(19)30(2)23(17)32/h3-8,10,17H,11H2,1-2H3,(H,28,31)/t17-/m0/s1. The Kier molecular flexibility index (Phi) is 5.70. The molecule has 8 nitrogen and oxygen atoms in total. The molecule has 10 heteroatoms. The summed E-state index contributed by atoms with van der Waals surface area (Å²) >= 11 is 0. The van der Waals surface area contributed by atoms with E-state index in [9.17, 15) is 18.4 Å². The summed E-state index contributed by atoms with van der Waals surface area (Å²) in [5.74, 6) is -3.11. The Labute approximate surface area is 187 Å². The number of hydrogen-bond acceptors (Lipinski definition) is 6. The predicted octanol–water partition coefficient (Wildman–Crippen LogP) is 2.76. The molecule has 0 spiro atoms. The highest BCUT2D eigenvalue weighted by Crippen LogP contribution is 2.31. The van der Waals surface area contributed by atoms with Crippen molar-refractivity contribution in [2.24, 2.45) is 0 Å². The Balaban J connectivity index is 1.58. The van der Waals surface area contributed by atoms with E-state index in [0.29, 0.717) is 22.6 Å². The van der Waals surface area contributed by atoms with Crippen molar-refractivity contribution in [1.29, 1.82) is 5.26 Å². The fourth-order valence-corrected chi connectivity index (χ4v) is 3.39. The Morgan fingerprint density at radius 2 is 2.03 bits per heavy atom. The molecule has 0 bridgehead atoms. The lowest BCUT2D eigenvalue weighted by Crippen LogP contribution is -2.49. The van der Waals surface area contributed by atoms with Crippen LogP contribution >= 0.6 is 0 Å². The van der Waals surface area contributed by atoms with Crippen molar-refractivity contribution in [3.63, 3.8) is 0 Å². The van der Waals surface area contributed by atoms with Crippen LogP contribution < -0.4 is 15.0 Å². The fourth-order valence-electron chi connectivity index (χ4n) is 3.39. The molecule has 0 radical (unpaired) electrons. The number of aryl methyl sites for hydroxylation is 1. The molecule has 0 fully saturated rings. The number of anilines is 1. The maximum atomic E-state index is 13.7. The molecule has 1 atom stereocenters. The second-order valence-electron chi connectivity index (χ2n) is 7.38. The van der Waals surface area contributed by atoms with E-state index in [1.54, 1.807) is 19.1 Å². The molecule has 33 heavy (non-hydrogen) atoms. The van der Waals surface area contributed by atoms with Crippen LogP contribution in [-0.4, -0.2) is 41.5 Å². The van der Waals surface area contributed by atoms with Crippen molar-refractivity contribution < 1.29 is 23.1 Å². The average molecular weight is 449 g/mol. The third kappa shape index (κ3) is 4.21. The van der Waals surface area contributed by atoms with Crippen LogP contribution in [0.3, 0.4) is 0 Å². The quantitative estimate of drug-likeness (QED) is 0.659. The minimum atomic E-state index is -1.04. The van der Waals surface area contributed by atoms with Crippen LogP contribution in [0.15, 0.2) is 42.6 Å². The maximum absolute atomic E-state index is 13.7. The van der Waals surface area contributed by atoms with Gasteiger partial charge in [-0.05, 0) is 42.8 Å². The van der Waals surface area contributed by atoms with Crippen LogP contribution in [0.1, 0.15) is 21.7 Å². The van der Waals surface area contributed by atoms with Gasteiger partial charge in [0.25, 0.3) is 11.8 Å². The average Bonchev–Trinajstić information content (AvgIpc) is 2.93. The van der Waals surface area contributed by atoms with Crippen LogP contribution in [0.2, 0.25) is 0 Å². The molecular formula is C23H17F2N5O3. The first kappa shape index (κ1) is 21.8. The van der Waals surface area contributed by atoms with E-state index >= 15 is 0 Å². The first-order valence-electron chi connectivity index (χ1n) is 9.83. The number of amides is 2. The minimum absolute atomic E-state index is 0.168. The van der Waals surface area contributed by atoms with Gasteiger partial charge in [-0.25, -0.2) is 18.7 Å². The summed E-state index contributed by atoms with van der Waals surface area (Å²) in [6.45, 7) is 1.50. The number of rotatable bonds is 3. The molecule has 3 aromatic rings. The smallest absolute Gasteiger partial charge is 0.289 e. The number of carbonyl (C=O) groups is 2. The summed E-state index contributed by atoms with van der Waals surface area (Å²) in [6.07, 6.45) is 1.38. The van der Waals surface area contributed by atoms with Gasteiger partial charge in [-0.3, -0.25) is 9.59 Å². The second kappa shape index (κ2) is 8.63. The molecule has 0 saturated heterocycles. The number of likely N-dealkylation sites (N-methyl/N-ethyl adjacent to an activating group) is 1. The zero-order chi connectivity index (χ0) is 23.7. The molecule has 4 rings (SSSR count). The zero-order valence-corrected chi connectivity index (χ0v) is 17.6. The number of aromatic nitrogens is 2. The summed E-state index contributed by atoms with van der Waals surface area (Å²) in [4.78, 5) is 35.2. The van der Waals surface area contributed by atoms with E-state index in [0.717, 1.165) is 12.1 Å². The van der Waals surface area contributed by atoms with Gasteiger partial charge in [-0.15, -0.1) is 0 Å². The van der Waals surface area contributed by atoms with E-state index < -0.39 is 29.5 Å². The molecular weight excluding hydrogens is 432 g/mol. The predicted molar refractivity (Wildman–Crippen MR) is 113 cm³/mol. The number of nitrogens with zero attached hydrogens (tertiary/aromatic N) is 4. The molecule has 2 heterocycles. The number of ether oxygens (including phenoxy) is 1. The zero-order valence-electron chi connectivity index (χ0n) is 17.6. The number of benzene rings is 2. The number of nitriles is 1. The molecule has 1 aromatic heterocycles. The molecule has 1 aliphatic heterocycles. The third-order valence-corrected chi connectivity index (χ3v) is 5.16. The highest BCUT2D eigenvalue weighted by atomic mass is 19.2. The highest BCUT2D eigenvalue weighted by molar-refractivity contribution is 6.02. The Morgan fingerprint density at radius 1 is 1.24 bits per heavy atom. The largest absolute Gasteiger partial charge is 0.489 e. The Morgan fingerprint density at radius 3 is 2.76 bits per heavy atom. The Bertz CT molecular complexity index is 1320. The highest BCUT2D eigenvalue weighted by Gasteiger charge is 2.31. The summed E-state index contributed by atoms with van der Waals surface area (Å²) in [5, 5.41) is 11.6. The van der Waals surface area contributed by atoms with Gasteiger partial charge in [0.05, 0.1) is 23.0 Å². The summed E-state index contributed by atoms with van der Waals surface area (Å²) in [6, 6.07) is 8.93. The van der Waals surface area contributed by atoms with E-state index in [2.05, 4.69) is 15.3 Å². The number of nitrogens with one attached hydrogen (secondary N) is 1. The van der Waals surface area contributed by atoms with Gasteiger partial charge in [-0.2, -0.15) is 5.26 Å². The third-order valence-electron chi connectivity index (χ3n) is 5.16. The van der Waals surface area contributed by atoms with Crippen LogP contribution in [-0.2, 0) is 4.79 Å². The lowest BCUT2D eigenvalue weighted by molar-refractivity contribution is -0.120. The number of halogens is 2. The van der Waals surface area contributed by atoms with Crippen LogP contribution in [0.4, 0.5) is 14.5 Å². The summed E-state index contributed by atoms with van der Waals surface area (Å²) in [7, 11) is 1.53. The number of carbonyl (C=O) groups excluding carboxylic acids is 2. The molecule has 0 unspecified atom stereocenters. The van der Waals surface area contributed by atoms with Gasteiger partial charge in [0.1, 0.15) is 18.4 Å². The topological polar surface area (TPSA) is 108 Å². The molecule has 2 amide bonds. The monoisotopic (exact) mass is 449 g/mol. The molecule has 1 aliphatic rings. The lowest BCUT2D eigenvalue weighted by atomic mass is 10.1. The summed E-state index contributed by atoms with van der Waals surface area (Å²) < 4.78 is 32.6. The fraction of sp³-hybridized carbons (Fsp3) is 0.174. The minimum Gasteiger partial charge on any atom is -0.489 e. The first-order valence-corrected chi connectivity index (χ1v) is 9.83. The molecule has 2 aromatic carbocycles. The lowest BCUT2D eigenvalue weighted by Gasteiger charge is -2.20. The van der Waals surface area contributed by atoms with Gasteiger partial charge in [0, 0.05) is 24.9 Å².